The first kappa shape index (κ1) is 15.5. The van der Waals surface area contributed by atoms with E-state index in [4.69, 9.17) is 9.84 Å². The molecule has 1 aromatic heterocycles. The molecule has 9 heteroatoms. The van der Waals surface area contributed by atoms with E-state index < -0.39 is 24.2 Å². The number of carbonyl (C=O) groups is 2. The van der Waals surface area contributed by atoms with Gasteiger partial charge in [0.15, 0.2) is 0 Å². The molecule has 0 bridgehead atoms. The van der Waals surface area contributed by atoms with Gasteiger partial charge in [-0.1, -0.05) is 0 Å². The van der Waals surface area contributed by atoms with Crippen LogP contribution in [0.25, 0.3) is 0 Å². The molecular formula is C12H13BrFN3O4. The third-order valence-corrected chi connectivity index (χ3v) is 3.52. The van der Waals surface area contributed by atoms with Crippen LogP contribution in [-0.2, 0) is 0 Å². The van der Waals surface area contributed by atoms with Crippen molar-refractivity contribution in [2.24, 2.45) is 0 Å². The van der Waals surface area contributed by atoms with Gasteiger partial charge in [-0.05, 0) is 22.0 Å². The summed E-state index contributed by atoms with van der Waals surface area (Å²) in [5.74, 6) is -0.459. The van der Waals surface area contributed by atoms with Crippen LogP contribution in [0.1, 0.15) is 10.4 Å². The first-order chi connectivity index (χ1) is 9.92. The van der Waals surface area contributed by atoms with Gasteiger partial charge in [0.2, 0.25) is 5.88 Å². The molecule has 2 heterocycles. The zero-order valence-electron chi connectivity index (χ0n) is 11.0. The molecule has 2 rings (SSSR count). The quantitative estimate of drug-likeness (QED) is 0.845. The van der Waals surface area contributed by atoms with Crippen LogP contribution < -0.4 is 10.1 Å². The van der Waals surface area contributed by atoms with Crippen LogP contribution in [0.5, 0.6) is 5.88 Å². The zero-order valence-corrected chi connectivity index (χ0v) is 12.6. The smallest absolute Gasteiger partial charge is 0.407 e. The van der Waals surface area contributed by atoms with Crippen LogP contribution in [-0.4, -0.2) is 59.4 Å². The average Bonchev–Trinajstić information content (AvgIpc) is 2.80. The highest BCUT2D eigenvalue weighted by Crippen LogP contribution is 2.21. The van der Waals surface area contributed by atoms with Gasteiger partial charge in [0.05, 0.1) is 19.7 Å². The maximum atomic E-state index is 13.8. The van der Waals surface area contributed by atoms with E-state index in [1.807, 2.05) is 0 Å². The van der Waals surface area contributed by atoms with Gasteiger partial charge in [0, 0.05) is 17.2 Å². The molecule has 0 aromatic carbocycles. The molecule has 1 aliphatic rings. The van der Waals surface area contributed by atoms with Crippen LogP contribution >= 0.6 is 15.9 Å². The van der Waals surface area contributed by atoms with Gasteiger partial charge in [-0.15, -0.1) is 0 Å². The Bertz CT molecular complexity index is 571. The molecule has 0 aliphatic carbocycles. The number of carbonyl (C=O) groups excluding carboxylic acids is 1. The van der Waals surface area contributed by atoms with Crippen LogP contribution in [0, 0.1) is 0 Å². The van der Waals surface area contributed by atoms with Gasteiger partial charge in [-0.25, -0.2) is 14.2 Å². The first-order valence-corrected chi connectivity index (χ1v) is 6.84. The maximum absolute atomic E-state index is 13.8. The Kier molecular flexibility index (Phi) is 4.61. The van der Waals surface area contributed by atoms with E-state index in [-0.39, 0.29) is 24.5 Å². The normalized spacial score (nSPS) is 21.2. The molecule has 0 radical (unpaired) electrons. The van der Waals surface area contributed by atoms with Crippen molar-refractivity contribution in [2.45, 2.75) is 12.2 Å². The number of rotatable bonds is 3. The second-order valence-corrected chi connectivity index (χ2v) is 5.41. The Morgan fingerprint density at radius 1 is 1.57 bits per heavy atom. The summed E-state index contributed by atoms with van der Waals surface area (Å²) in [6.07, 6.45) is -1.19. The van der Waals surface area contributed by atoms with Gasteiger partial charge in [-0.3, -0.25) is 4.79 Å². The third kappa shape index (κ3) is 3.41. The number of halogens is 2. The molecule has 2 N–H and O–H groups in total. The number of pyridine rings is 1. The Morgan fingerprint density at radius 3 is 2.86 bits per heavy atom. The summed E-state index contributed by atoms with van der Waals surface area (Å²) in [6.45, 7) is -0.347. The maximum Gasteiger partial charge on any atom is 0.407 e. The Hall–Kier alpha value is -1.90. The zero-order chi connectivity index (χ0) is 15.6. The fraction of sp³-hybridized carbons (Fsp3) is 0.417. The van der Waals surface area contributed by atoms with Crippen molar-refractivity contribution in [3.8, 4) is 5.88 Å². The SMILES string of the molecule is COc1ncc(Br)cc1C(=O)N[C@@H]1CN(C(=O)O)C[C@@H]1F. The van der Waals surface area contributed by atoms with E-state index in [9.17, 15) is 14.0 Å². The highest BCUT2D eigenvalue weighted by atomic mass is 79.9. The predicted octanol–water partition coefficient (Wildman–Crippen LogP) is 1.28. The van der Waals surface area contributed by atoms with E-state index in [0.29, 0.717) is 4.47 Å². The van der Waals surface area contributed by atoms with Crippen molar-refractivity contribution >= 4 is 27.9 Å². The summed E-state index contributed by atoms with van der Waals surface area (Å²) >= 11 is 3.19. The van der Waals surface area contributed by atoms with Crippen molar-refractivity contribution in [2.75, 3.05) is 20.2 Å². The molecule has 0 unspecified atom stereocenters. The van der Waals surface area contributed by atoms with Gasteiger partial charge >= 0.3 is 6.09 Å². The number of likely N-dealkylation sites (tertiary alicyclic amines) is 1. The lowest BCUT2D eigenvalue weighted by Gasteiger charge is -2.15. The molecule has 2 amide bonds. The molecule has 1 saturated heterocycles. The Morgan fingerprint density at radius 2 is 2.29 bits per heavy atom. The number of carboxylic acid groups (broad SMARTS) is 1. The summed E-state index contributed by atoms with van der Waals surface area (Å²) in [7, 11) is 1.37. The molecule has 2 atom stereocenters. The minimum atomic E-state index is -1.45. The molecule has 0 saturated carbocycles. The van der Waals surface area contributed by atoms with Gasteiger partial charge < -0.3 is 20.1 Å². The average molecular weight is 362 g/mol. The van der Waals surface area contributed by atoms with Crippen LogP contribution in [0.15, 0.2) is 16.7 Å². The second-order valence-electron chi connectivity index (χ2n) is 4.49. The molecule has 1 aromatic rings. The van der Waals surface area contributed by atoms with Crippen LogP contribution in [0.3, 0.4) is 0 Å². The lowest BCUT2D eigenvalue weighted by Crippen LogP contribution is -2.41. The highest BCUT2D eigenvalue weighted by molar-refractivity contribution is 9.10. The molecule has 0 spiro atoms. The number of hydrogen-bond donors (Lipinski definition) is 2. The number of nitrogens with zero attached hydrogens (tertiary/aromatic N) is 2. The number of aromatic nitrogens is 1. The van der Waals surface area contributed by atoms with Crippen molar-refractivity contribution in [3.63, 3.8) is 0 Å². The van der Waals surface area contributed by atoms with Gasteiger partial charge in [-0.2, -0.15) is 0 Å². The Labute approximate surface area is 128 Å². The predicted molar refractivity (Wildman–Crippen MR) is 74.2 cm³/mol. The van der Waals surface area contributed by atoms with Crippen LogP contribution in [0.2, 0.25) is 0 Å². The monoisotopic (exact) mass is 361 g/mol. The van der Waals surface area contributed by atoms with E-state index in [0.717, 1.165) is 4.90 Å². The number of ether oxygens (including phenoxy) is 1. The molecule has 21 heavy (non-hydrogen) atoms. The van der Waals surface area contributed by atoms with Crippen molar-refractivity contribution in [1.29, 1.82) is 0 Å². The summed E-state index contributed by atoms with van der Waals surface area (Å²) in [5, 5.41) is 11.3. The Balaban J connectivity index is 2.12. The number of methoxy groups -OCH3 is 1. The lowest BCUT2D eigenvalue weighted by molar-refractivity contribution is 0.0918. The first-order valence-electron chi connectivity index (χ1n) is 6.04. The number of nitrogens with one attached hydrogen (secondary N) is 1. The third-order valence-electron chi connectivity index (χ3n) is 3.09. The van der Waals surface area contributed by atoms with E-state index in [1.165, 1.54) is 19.4 Å². The van der Waals surface area contributed by atoms with Crippen LogP contribution in [0.4, 0.5) is 9.18 Å². The molecule has 7 nitrogen and oxygen atoms in total. The molecule has 1 fully saturated rings. The number of hydrogen-bond acceptors (Lipinski definition) is 4. The van der Waals surface area contributed by atoms with E-state index in [2.05, 4.69) is 26.2 Å². The topological polar surface area (TPSA) is 91.8 Å². The summed E-state index contributed by atoms with van der Waals surface area (Å²) in [6, 6.07) is 0.607. The highest BCUT2D eigenvalue weighted by Gasteiger charge is 2.36. The minimum Gasteiger partial charge on any atom is -0.480 e. The number of alkyl halides is 1. The van der Waals surface area contributed by atoms with Crippen molar-refractivity contribution in [3.05, 3.63) is 22.3 Å². The van der Waals surface area contributed by atoms with E-state index in [1.54, 1.807) is 0 Å². The summed E-state index contributed by atoms with van der Waals surface area (Å²) in [4.78, 5) is 27.8. The van der Waals surface area contributed by atoms with Crippen molar-refractivity contribution in [1.82, 2.24) is 15.2 Å². The minimum absolute atomic E-state index is 0.0913. The standard InChI is InChI=1S/C12H13BrFN3O4/c1-21-11-7(2-6(13)3-15-11)10(18)16-9-5-17(12(19)20)4-8(9)14/h2-3,8-9H,4-5H2,1H3,(H,16,18)(H,19,20)/t8-,9+/m0/s1. The fourth-order valence-corrected chi connectivity index (χ4v) is 2.39. The molecule has 1 aliphatic heterocycles. The van der Waals surface area contributed by atoms with Crippen molar-refractivity contribution < 1.29 is 23.8 Å². The van der Waals surface area contributed by atoms with Gasteiger partial charge in [0.25, 0.3) is 5.91 Å². The number of amides is 2. The lowest BCUT2D eigenvalue weighted by atomic mass is 10.2. The largest absolute Gasteiger partial charge is 0.480 e. The summed E-state index contributed by atoms with van der Waals surface area (Å²) < 4.78 is 19.3. The second kappa shape index (κ2) is 6.25. The summed E-state index contributed by atoms with van der Waals surface area (Å²) in [5.41, 5.74) is 0.146. The molecule has 114 valence electrons. The van der Waals surface area contributed by atoms with Gasteiger partial charge in [0.1, 0.15) is 11.7 Å². The fourth-order valence-electron chi connectivity index (χ4n) is 2.05. The molecular weight excluding hydrogens is 349 g/mol. The van der Waals surface area contributed by atoms with E-state index >= 15 is 0 Å².